The summed E-state index contributed by atoms with van der Waals surface area (Å²) in [6.45, 7) is 15.3. The predicted octanol–water partition coefficient (Wildman–Crippen LogP) is 5.06. The molecule has 1 fully saturated rings. The Labute approximate surface area is 148 Å². The zero-order chi connectivity index (χ0) is 17.2. The van der Waals surface area contributed by atoms with E-state index >= 15 is 0 Å². The lowest BCUT2D eigenvalue weighted by Crippen LogP contribution is -2.47. The van der Waals surface area contributed by atoms with E-state index in [1.807, 2.05) is 0 Å². The number of nitrogens with zero attached hydrogens (tertiary/aromatic N) is 2. The fourth-order valence-corrected chi connectivity index (χ4v) is 4.03. The number of para-hydroxylation sites is 1. The molecule has 0 bridgehead atoms. The fourth-order valence-electron chi connectivity index (χ4n) is 4.03. The Bertz CT molecular complexity index is 577. The Balaban J connectivity index is 1.73. The Kier molecular flexibility index (Phi) is 5.34. The first-order valence-electron chi connectivity index (χ1n) is 9.70. The molecule has 0 atom stereocenters. The number of allylic oxidation sites excluding steroid dienone is 2. The van der Waals surface area contributed by atoms with E-state index in [4.69, 9.17) is 0 Å². The molecule has 24 heavy (non-hydrogen) atoms. The predicted molar refractivity (Wildman–Crippen MR) is 106 cm³/mol. The number of benzene rings is 1. The molecular formula is C22H34N2. The first kappa shape index (κ1) is 17.5. The number of piperazine rings is 1. The van der Waals surface area contributed by atoms with Gasteiger partial charge in [0.1, 0.15) is 0 Å². The summed E-state index contributed by atoms with van der Waals surface area (Å²) in [6, 6.07) is 9.06. The summed E-state index contributed by atoms with van der Waals surface area (Å²) in [4.78, 5) is 5.22. The maximum absolute atomic E-state index is 2.62. The molecule has 1 aromatic carbocycles. The molecule has 1 aliphatic carbocycles. The van der Waals surface area contributed by atoms with Crippen molar-refractivity contribution in [3.63, 3.8) is 0 Å². The van der Waals surface area contributed by atoms with E-state index in [9.17, 15) is 0 Å². The molecule has 1 heterocycles. The molecule has 1 aromatic rings. The second kappa shape index (κ2) is 7.31. The Morgan fingerprint density at radius 1 is 1.04 bits per heavy atom. The van der Waals surface area contributed by atoms with Crippen LogP contribution in [0.25, 0.3) is 5.57 Å². The van der Waals surface area contributed by atoms with Gasteiger partial charge in [-0.25, -0.2) is 0 Å². The first-order chi connectivity index (χ1) is 11.4. The minimum atomic E-state index is 0.473. The van der Waals surface area contributed by atoms with Gasteiger partial charge in [0, 0.05) is 44.0 Å². The van der Waals surface area contributed by atoms with Crippen molar-refractivity contribution in [2.75, 3.05) is 37.6 Å². The van der Waals surface area contributed by atoms with Crippen LogP contribution in [0, 0.1) is 11.3 Å². The van der Waals surface area contributed by atoms with Crippen LogP contribution in [0.15, 0.2) is 30.3 Å². The van der Waals surface area contributed by atoms with E-state index in [1.54, 1.807) is 5.57 Å². The fraction of sp³-hybridized carbons (Fsp3) is 0.636. The van der Waals surface area contributed by atoms with Gasteiger partial charge in [-0.3, -0.25) is 4.90 Å². The molecule has 0 saturated carbocycles. The number of rotatable bonds is 4. The van der Waals surface area contributed by atoms with Crippen molar-refractivity contribution in [1.82, 2.24) is 4.90 Å². The smallest absolute Gasteiger partial charge is 0.0443 e. The van der Waals surface area contributed by atoms with Crippen molar-refractivity contribution < 1.29 is 0 Å². The molecule has 132 valence electrons. The first-order valence-corrected chi connectivity index (χ1v) is 9.70. The van der Waals surface area contributed by atoms with Gasteiger partial charge in [0.25, 0.3) is 0 Å². The maximum Gasteiger partial charge on any atom is 0.0443 e. The van der Waals surface area contributed by atoms with Crippen LogP contribution in [0.5, 0.6) is 0 Å². The van der Waals surface area contributed by atoms with E-state index in [2.05, 4.69) is 67.8 Å². The minimum Gasteiger partial charge on any atom is -0.368 e. The lowest BCUT2D eigenvalue weighted by Gasteiger charge is -2.38. The number of hydrogen-bond donors (Lipinski definition) is 0. The van der Waals surface area contributed by atoms with Gasteiger partial charge >= 0.3 is 0 Å². The molecule has 0 unspecified atom stereocenters. The minimum absolute atomic E-state index is 0.473. The summed E-state index contributed by atoms with van der Waals surface area (Å²) in [5.74, 6) is 0.764. The van der Waals surface area contributed by atoms with Gasteiger partial charge in [-0.15, -0.1) is 0 Å². The van der Waals surface area contributed by atoms with Crippen LogP contribution in [0.4, 0.5) is 5.69 Å². The van der Waals surface area contributed by atoms with Crippen molar-refractivity contribution >= 4 is 11.3 Å². The maximum atomic E-state index is 2.62. The van der Waals surface area contributed by atoms with Crippen molar-refractivity contribution in [3.05, 3.63) is 35.9 Å². The summed E-state index contributed by atoms with van der Waals surface area (Å²) in [6.07, 6.45) is 6.23. The van der Waals surface area contributed by atoms with Crippen LogP contribution in [0.3, 0.4) is 0 Å². The van der Waals surface area contributed by atoms with Crippen molar-refractivity contribution in [1.29, 1.82) is 0 Å². The standard InChI is InChI=1S/C22H34N2/c1-18(2)17-23-13-15-24(16-14-23)21-8-6-5-7-20(21)19-9-11-22(3,4)12-10-19/h5-9,18H,10-17H2,1-4H3. The van der Waals surface area contributed by atoms with E-state index < -0.39 is 0 Å². The largest absolute Gasteiger partial charge is 0.368 e. The van der Waals surface area contributed by atoms with Crippen molar-refractivity contribution in [2.45, 2.75) is 47.0 Å². The summed E-state index contributed by atoms with van der Waals surface area (Å²) in [7, 11) is 0. The van der Waals surface area contributed by atoms with E-state index in [1.165, 1.54) is 50.1 Å². The Hall–Kier alpha value is -1.28. The Morgan fingerprint density at radius 2 is 1.75 bits per heavy atom. The summed E-state index contributed by atoms with van der Waals surface area (Å²) in [5.41, 5.74) is 4.97. The molecule has 1 aliphatic heterocycles. The second-order valence-electron chi connectivity index (χ2n) is 8.80. The zero-order valence-electron chi connectivity index (χ0n) is 16.0. The van der Waals surface area contributed by atoms with Gasteiger partial charge in [0.2, 0.25) is 0 Å². The van der Waals surface area contributed by atoms with Crippen molar-refractivity contribution in [2.24, 2.45) is 11.3 Å². The summed E-state index contributed by atoms with van der Waals surface area (Å²) in [5, 5.41) is 0. The highest BCUT2D eigenvalue weighted by Gasteiger charge is 2.25. The van der Waals surface area contributed by atoms with Crippen LogP contribution in [-0.4, -0.2) is 37.6 Å². The topological polar surface area (TPSA) is 6.48 Å². The van der Waals surface area contributed by atoms with Crippen molar-refractivity contribution in [3.8, 4) is 0 Å². The van der Waals surface area contributed by atoms with Crippen LogP contribution in [-0.2, 0) is 0 Å². The third kappa shape index (κ3) is 4.22. The summed E-state index contributed by atoms with van der Waals surface area (Å²) < 4.78 is 0. The molecule has 3 rings (SSSR count). The molecule has 2 nitrogen and oxygen atoms in total. The van der Waals surface area contributed by atoms with Crippen LogP contribution < -0.4 is 4.90 Å². The molecule has 2 heteroatoms. The average molecular weight is 327 g/mol. The molecule has 1 saturated heterocycles. The third-order valence-electron chi connectivity index (χ3n) is 5.56. The van der Waals surface area contributed by atoms with Crippen LogP contribution >= 0.6 is 0 Å². The number of hydrogen-bond acceptors (Lipinski definition) is 2. The highest BCUT2D eigenvalue weighted by Crippen LogP contribution is 2.40. The lowest BCUT2D eigenvalue weighted by molar-refractivity contribution is 0.231. The van der Waals surface area contributed by atoms with E-state index in [-0.39, 0.29) is 0 Å². The average Bonchev–Trinajstić information content (AvgIpc) is 2.55. The van der Waals surface area contributed by atoms with E-state index in [0.29, 0.717) is 5.41 Å². The molecule has 0 N–H and O–H groups in total. The zero-order valence-corrected chi connectivity index (χ0v) is 16.0. The van der Waals surface area contributed by atoms with Gasteiger partial charge in [-0.05, 0) is 42.2 Å². The van der Waals surface area contributed by atoms with Gasteiger partial charge < -0.3 is 4.90 Å². The third-order valence-corrected chi connectivity index (χ3v) is 5.56. The molecule has 0 radical (unpaired) electrons. The molecule has 0 spiro atoms. The van der Waals surface area contributed by atoms with Crippen LogP contribution in [0.1, 0.15) is 52.5 Å². The second-order valence-corrected chi connectivity index (χ2v) is 8.80. The van der Waals surface area contributed by atoms with Crippen LogP contribution in [0.2, 0.25) is 0 Å². The van der Waals surface area contributed by atoms with E-state index in [0.717, 1.165) is 19.0 Å². The summed E-state index contributed by atoms with van der Waals surface area (Å²) >= 11 is 0. The SMILES string of the molecule is CC(C)CN1CCN(c2ccccc2C2=CCC(C)(C)CC2)CC1. The highest BCUT2D eigenvalue weighted by atomic mass is 15.3. The van der Waals surface area contributed by atoms with Gasteiger partial charge in [-0.1, -0.05) is 52.0 Å². The molecule has 2 aliphatic rings. The quantitative estimate of drug-likeness (QED) is 0.763. The lowest BCUT2D eigenvalue weighted by atomic mass is 9.77. The highest BCUT2D eigenvalue weighted by molar-refractivity contribution is 5.77. The molecular weight excluding hydrogens is 292 g/mol. The van der Waals surface area contributed by atoms with Gasteiger partial charge in [-0.2, -0.15) is 0 Å². The normalized spacial score (nSPS) is 21.9. The van der Waals surface area contributed by atoms with Gasteiger partial charge in [0.05, 0.1) is 0 Å². The van der Waals surface area contributed by atoms with Gasteiger partial charge in [0.15, 0.2) is 0 Å². The molecule has 0 amide bonds. The monoisotopic (exact) mass is 326 g/mol. The Morgan fingerprint density at radius 3 is 2.38 bits per heavy atom. The molecule has 0 aromatic heterocycles. The number of anilines is 1.